The maximum Gasteiger partial charge on any atom is 0.199 e. The lowest BCUT2D eigenvalue weighted by molar-refractivity contribution is 0.0883. The van der Waals surface area contributed by atoms with Crippen molar-refractivity contribution in [1.82, 2.24) is 9.97 Å². The van der Waals surface area contributed by atoms with E-state index in [0.29, 0.717) is 18.1 Å². The van der Waals surface area contributed by atoms with E-state index in [1.165, 1.54) is 13.4 Å². The second kappa shape index (κ2) is 4.84. The van der Waals surface area contributed by atoms with Gasteiger partial charge in [0.25, 0.3) is 0 Å². The number of hydrogen-bond donors (Lipinski definition) is 1. The van der Waals surface area contributed by atoms with Crippen molar-refractivity contribution in [1.29, 1.82) is 0 Å². The maximum absolute atomic E-state index is 9.72. The van der Waals surface area contributed by atoms with E-state index in [-0.39, 0.29) is 5.15 Å². The van der Waals surface area contributed by atoms with Gasteiger partial charge in [0.15, 0.2) is 16.7 Å². The van der Waals surface area contributed by atoms with Crippen LogP contribution in [0.1, 0.15) is 13.8 Å². The van der Waals surface area contributed by atoms with Gasteiger partial charge in [-0.15, -0.1) is 0 Å². The summed E-state index contributed by atoms with van der Waals surface area (Å²) in [5, 5.41) is 9.98. The molecule has 0 spiro atoms. The van der Waals surface area contributed by atoms with Crippen LogP contribution in [0.4, 0.5) is 5.82 Å². The quantitative estimate of drug-likeness (QED) is 0.812. The number of hydrogen-bond acceptors (Lipinski definition) is 5. The molecule has 0 bridgehead atoms. The molecule has 0 fully saturated rings. The first-order chi connectivity index (χ1) is 7.35. The van der Waals surface area contributed by atoms with Crippen molar-refractivity contribution in [2.45, 2.75) is 19.4 Å². The van der Waals surface area contributed by atoms with E-state index in [2.05, 4.69) is 9.97 Å². The number of methoxy groups -OCH3 is 1. The molecule has 1 aromatic heterocycles. The molecular formula is C10H16ClN3O2. The molecule has 1 aromatic rings. The Kier molecular flexibility index (Phi) is 3.93. The highest BCUT2D eigenvalue weighted by Crippen LogP contribution is 2.31. The van der Waals surface area contributed by atoms with E-state index in [4.69, 9.17) is 16.3 Å². The van der Waals surface area contributed by atoms with Crippen molar-refractivity contribution in [2.75, 3.05) is 25.6 Å². The molecule has 0 aliphatic carbocycles. The summed E-state index contributed by atoms with van der Waals surface area (Å²) in [6.07, 6.45) is 1.36. The molecule has 0 atom stereocenters. The molecule has 0 saturated heterocycles. The normalized spacial score (nSPS) is 11.4. The van der Waals surface area contributed by atoms with Gasteiger partial charge in [0.1, 0.15) is 6.33 Å². The number of aliphatic hydroxyl groups is 1. The van der Waals surface area contributed by atoms with Crippen LogP contribution in [-0.4, -0.2) is 41.4 Å². The van der Waals surface area contributed by atoms with Gasteiger partial charge in [-0.05, 0) is 13.8 Å². The fourth-order valence-electron chi connectivity index (χ4n) is 1.45. The lowest BCUT2D eigenvalue weighted by Crippen LogP contribution is -2.36. The summed E-state index contributed by atoms with van der Waals surface area (Å²) in [5.74, 6) is 0.973. The Morgan fingerprint density at radius 2 is 2.12 bits per heavy atom. The molecule has 0 amide bonds. The first kappa shape index (κ1) is 13.0. The fourth-order valence-corrected chi connectivity index (χ4v) is 1.65. The lowest BCUT2D eigenvalue weighted by Gasteiger charge is -2.27. The summed E-state index contributed by atoms with van der Waals surface area (Å²) < 4.78 is 5.13. The predicted octanol–water partition coefficient (Wildman–Crippen LogP) is 1.35. The van der Waals surface area contributed by atoms with E-state index < -0.39 is 5.60 Å². The zero-order chi connectivity index (χ0) is 12.3. The molecule has 0 radical (unpaired) electrons. The van der Waals surface area contributed by atoms with Crippen LogP contribution in [0.25, 0.3) is 0 Å². The molecule has 1 heterocycles. The van der Waals surface area contributed by atoms with Crippen molar-refractivity contribution in [3.63, 3.8) is 0 Å². The van der Waals surface area contributed by atoms with Crippen molar-refractivity contribution < 1.29 is 9.84 Å². The largest absolute Gasteiger partial charge is 0.490 e. The first-order valence-corrected chi connectivity index (χ1v) is 5.21. The van der Waals surface area contributed by atoms with Gasteiger partial charge in [-0.1, -0.05) is 11.6 Å². The number of anilines is 1. The Hall–Kier alpha value is -1.07. The Balaban J connectivity index is 2.99. The molecule has 6 heteroatoms. The van der Waals surface area contributed by atoms with Gasteiger partial charge in [-0.25, -0.2) is 9.97 Å². The van der Waals surface area contributed by atoms with E-state index >= 15 is 0 Å². The molecule has 5 nitrogen and oxygen atoms in total. The Morgan fingerprint density at radius 1 is 1.50 bits per heavy atom. The standard InChI is InChI=1S/C10H16ClN3O2/c1-10(2,15)5-14(3)9-7(16-4)8(11)12-6-13-9/h6,15H,5H2,1-4H3. The fraction of sp³-hybridized carbons (Fsp3) is 0.600. The lowest BCUT2D eigenvalue weighted by atomic mass is 10.1. The average molecular weight is 246 g/mol. The number of rotatable bonds is 4. The Bertz CT molecular complexity index is 366. The number of halogens is 1. The summed E-state index contributed by atoms with van der Waals surface area (Å²) in [6.45, 7) is 3.86. The number of ether oxygens (including phenoxy) is 1. The third-order valence-corrected chi connectivity index (χ3v) is 2.20. The molecule has 16 heavy (non-hydrogen) atoms. The van der Waals surface area contributed by atoms with Crippen LogP contribution in [0.3, 0.4) is 0 Å². The number of nitrogens with zero attached hydrogens (tertiary/aromatic N) is 3. The summed E-state index contributed by atoms with van der Waals surface area (Å²) in [7, 11) is 3.31. The highest BCUT2D eigenvalue weighted by atomic mass is 35.5. The monoisotopic (exact) mass is 245 g/mol. The second-order valence-electron chi connectivity index (χ2n) is 4.19. The molecule has 0 saturated carbocycles. The van der Waals surface area contributed by atoms with Crippen LogP contribution in [-0.2, 0) is 0 Å². The molecule has 0 aliphatic heterocycles. The van der Waals surface area contributed by atoms with E-state index in [0.717, 1.165) is 0 Å². The van der Waals surface area contributed by atoms with Gasteiger partial charge in [0, 0.05) is 13.6 Å². The first-order valence-electron chi connectivity index (χ1n) is 4.83. The molecule has 1 rings (SSSR count). The van der Waals surface area contributed by atoms with Crippen LogP contribution in [0.2, 0.25) is 5.15 Å². The molecule has 0 aliphatic rings. The van der Waals surface area contributed by atoms with Crippen molar-refractivity contribution >= 4 is 17.4 Å². The highest BCUT2D eigenvalue weighted by Gasteiger charge is 2.20. The highest BCUT2D eigenvalue weighted by molar-refractivity contribution is 6.31. The van der Waals surface area contributed by atoms with E-state index in [9.17, 15) is 5.11 Å². The zero-order valence-electron chi connectivity index (χ0n) is 9.86. The van der Waals surface area contributed by atoms with Crippen LogP contribution >= 0.6 is 11.6 Å². The number of aromatic nitrogens is 2. The summed E-state index contributed by atoms with van der Waals surface area (Å²) in [6, 6.07) is 0. The zero-order valence-corrected chi connectivity index (χ0v) is 10.6. The van der Waals surface area contributed by atoms with Gasteiger partial charge < -0.3 is 14.7 Å². The van der Waals surface area contributed by atoms with Crippen LogP contribution < -0.4 is 9.64 Å². The van der Waals surface area contributed by atoms with Crippen LogP contribution in [0, 0.1) is 0 Å². The SMILES string of the molecule is COc1c(Cl)ncnc1N(C)CC(C)(C)O. The third kappa shape index (κ3) is 3.21. The smallest absolute Gasteiger partial charge is 0.199 e. The minimum absolute atomic E-state index is 0.259. The van der Waals surface area contributed by atoms with E-state index in [1.54, 1.807) is 25.8 Å². The Labute approximate surface area is 100 Å². The molecule has 0 aromatic carbocycles. The molecule has 0 unspecified atom stereocenters. The third-order valence-electron chi connectivity index (χ3n) is 1.93. The average Bonchev–Trinajstić information content (AvgIpc) is 2.14. The minimum Gasteiger partial charge on any atom is -0.490 e. The van der Waals surface area contributed by atoms with Gasteiger partial charge in [0.05, 0.1) is 12.7 Å². The summed E-state index contributed by atoms with van der Waals surface area (Å²) in [5.41, 5.74) is -0.822. The molecule has 90 valence electrons. The molecule has 1 N–H and O–H groups in total. The summed E-state index contributed by atoms with van der Waals surface area (Å²) >= 11 is 5.88. The second-order valence-corrected chi connectivity index (χ2v) is 4.55. The predicted molar refractivity (Wildman–Crippen MR) is 63.2 cm³/mol. The van der Waals surface area contributed by atoms with Crippen molar-refractivity contribution in [3.8, 4) is 5.75 Å². The van der Waals surface area contributed by atoms with Crippen LogP contribution in [0.5, 0.6) is 5.75 Å². The van der Waals surface area contributed by atoms with Gasteiger partial charge in [-0.3, -0.25) is 0 Å². The Morgan fingerprint density at radius 3 is 2.62 bits per heavy atom. The summed E-state index contributed by atoms with van der Waals surface area (Å²) in [4.78, 5) is 9.69. The minimum atomic E-state index is -0.822. The molecular weight excluding hydrogens is 230 g/mol. The van der Waals surface area contributed by atoms with Gasteiger partial charge >= 0.3 is 0 Å². The van der Waals surface area contributed by atoms with Crippen molar-refractivity contribution in [3.05, 3.63) is 11.5 Å². The maximum atomic E-state index is 9.72. The van der Waals surface area contributed by atoms with E-state index in [1.807, 2.05) is 0 Å². The van der Waals surface area contributed by atoms with Crippen LogP contribution in [0.15, 0.2) is 6.33 Å². The van der Waals surface area contributed by atoms with Gasteiger partial charge in [0.2, 0.25) is 0 Å². The van der Waals surface area contributed by atoms with Crippen molar-refractivity contribution in [2.24, 2.45) is 0 Å². The number of likely N-dealkylation sites (N-methyl/N-ethyl adjacent to an activating group) is 1. The van der Waals surface area contributed by atoms with Gasteiger partial charge in [-0.2, -0.15) is 0 Å². The topological polar surface area (TPSA) is 58.5 Å².